The molecule has 0 atom stereocenters. The van der Waals surface area contributed by atoms with E-state index in [9.17, 15) is 9.59 Å². The third kappa shape index (κ3) is 3.76. The minimum Gasteiger partial charge on any atom is -0.484 e. The molecule has 1 aromatic carbocycles. The van der Waals surface area contributed by atoms with Crippen LogP contribution in [0.15, 0.2) is 24.3 Å². The predicted octanol–water partition coefficient (Wildman–Crippen LogP) is 1.63. The second-order valence-corrected chi connectivity index (χ2v) is 4.22. The maximum atomic E-state index is 11.6. The van der Waals surface area contributed by atoms with Gasteiger partial charge in [0.15, 0.2) is 6.61 Å². The average Bonchev–Trinajstić information content (AvgIpc) is 2.35. The number of nitrogens with zero attached hydrogens (tertiary/aromatic N) is 1. The van der Waals surface area contributed by atoms with Crippen molar-refractivity contribution in [3.8, 4) is 5.75 Å². The molecule has 1 rings (SSSR count). The van der Waals surface area contributed by atoms with E-state index in [1.807, 2.05) is 13.8 Å². The summed E-state index contributed by atoms with van der Waals surface area (Å²) in [6.07, 6.45) is 0. The van der Waals surface area contributed by atoms with Crippen molar-refractivity contribution in [2.45, 2.75) is 19.9 Å². The fraction of sp³-hybridized carbons (Fsp3) is 0.385. The molecular formula is C13H17NO4. The molecular weight excluding hydrogens is 234 g/mol. The zero-order valence-corrected chi connectivity index (χ0v) is 10.7. The van der Waals surface area contributed by atoms with Gasteiger partial charge < -0.3 is 14.7 Å². The van der Waals surface area contributed by atoms with Gasteiger partial charge in [0.2, 0.25) is 0 Å². The molecule has 0 saturated carbocycles. The summed E-state index contributed by atoms with van der Waals surface area (Å²) in [6, 6.07) is 6.07. The molecule has 5 heteroatoms. The molecule has 0 aliphatic heterocycles. The quantitative estimate of drug-likeness (QED) is 0.863. The Morgan fingerprint density at radius 1 is 1.28 bits per heavy atom. The van der Waals surface area contributed by atoms with Crippen molar-refractivity contribution < 1.29 is 19.4 Å². The molecule has 1 N–H and O–H groups in total. The molecule has 1 amide bonds. The largest absolute Gasteiger partial charge is 0.484 e. The predicted molar refractivity (Wildman–Crippen MR) is 66.8 cm³/mol. The van der Waals surface area contributed by atoms with Crippen LogP contribution >= 0.6 is 0 Å². The monoisotopic (exact) mass is 251 g/mol. The number of ether oxygens (including phenoxy) is 1. The Hall–Kier alpha value is -2.04. The Morgan fingerprint density at radius 2 is 1.83 bits per heavy atom. The summed E-state index contributed by atoms with van der Waals surface area (Å²) in [5.74, 6) is -0.630. The lowest BCUT2D eigenvalue weighted by Crippen LogP contribution is -2.36. The first-order chi connectivity index (χ1) is 8.41. The number of hydrogen-bond donors (Lipinski definition) is 1. The molecule has 18 heavy (non-hydrogen) atoms. The van der Waals surface area contributed by atoms with Gasteiger partial charge in [0.1, 0.15) is 5.75 Å². The lowest BCUT2D eigenvalue weighted by Gasteiger charge is -2.21. The van der Waals surface area contributed by atoms with Gasteiger partial charge in [-0.05, 0) is 38.1 Å². The summed E-state index contributed by atoms with van der Waals surface area (Å²) in [7, 11) is 1.71. The molecule has 5 nitrogen and oxygen atoms in total. The summed E-state index contributed by atoms with van der Waals surface area (Å²) in [6.45, 7) is 3.78. The van der Waals surface area contributed by atoms with Crippen LogP contribution in [-0.2, 0) is 4.79 Å². The third-order valence-corrected chi connectivity index (χ3v) is 2.63. The summed E-state index contributed by atoms with van der Waals surface area (Å²) < 4.78 is 5.29. The maximum absolute atomic E-state index is 11.6. The van der Waals surface area contributed by atoms with Crippen LogP contribution in [0.5, 0.6) is 5.75 Å². The van der Waals surface area contributed by atoms with E-state index < -0.39 is 5.97 Å². The van der Waals surface area contributed by atoms with Crippen molar-refractivity contribution in [1.82, 2.24) is 4.90 Å². The Labute approximate surface area is 106 Å². The van der Waals surface area contributed by atoms with Crippen molar-refractivity contribution in [2.24, 2.45) is 0 Å². The van der Waals surface area contributed by atoms with E-state index in [1.165, 1.54) is 24.3 Å². The van der Waals surface area contributed by atoms with Gasteiger partial charge in [-0.25, -0.2) is 4.79 Å². The summed E-state index contributed by atoms with van der Waals surface area (Å²) in [4.78, 5) is 23.9. The van der Waals surface area contributed by atoms with Gasteiger partial charge in [-0.3, -0.25) is 4.79 Å². The van der Waals surface area contributed by atoms with Crippen LogP contribution in [0.25, 0.3) is 0 Å². The fourth-order valence-electron chi connectivity index (χ4n) is 1.23. The number of benzene rings is 1. The number of carbonyl (C=O) groups excluding carboxylic acids is 1. The molecule has 0 fully saturated rings. The number of carboxylic acid groups (broad SMARTS) is 1. The molecule has 0 spiro atoms. The zero-order chi connectivity index (χ0) is 13.7. The number of carboxylic acids is 1. The summed E-state index contributed by atoms with van der Waals surface area (Å²) >= 11 is 0. The Morgan fingerprint density at radius 3 is 2.28 bits per heavy atom. The molecule has 0 aliphatic rings. The lowest BCUT2D eigenvalue weighted by atomic mass is 10.2. The molecule has 1 aromatic rings. The van der Waals surface area contributed by atoms with Crippen LogP contribution in [0.3, 0.4) is 0 Å². The van der Waals surface area contributed by atoms with Gasteiger partial charge in [-0.2, -0.15) is 0 Å². The molecule has 0 radical (unpaired) electrons. The first-order valence-corrected chi connectivity index (χ1v) is 5.63. The van der Waals surface area contributed by atoms with E-state index in [4.69, 9.17) is 9.84 Å². The minimum absolute atomic E-state index is 0.0545. The topological polar surface area (TPSA) is 66.8 Å². The second kappa shape index (κ2) is 6.05. The van der Waals surface area contributed by atoms with Gasteiger partial charge in [-0.1, -0.05) is 0 Å². The highest BCUT2D eigenvalue weighted by molar-refractivity contribution is 5.87. The van der Waals surface area contributed by atoms with Gasteiger partial charge in [-0.15, -0.1) is 0 Å². The van der Waals surface area contributed by atoms with Crippen molar-refractivity contribution in [1.29, 1.82) is 0 Å². The first-order valence-electron chi connectivity index (χ1n) is 5.63. The van der Waals surface area contributed by atoms with Gasteiger partial charge >= 0.3 is 5.97 Å². The SMILES string of the molecule is CC(C)N(C)C(=O)COc1ccc(C(=O)O)cc1. The number of amides is 1. The molecule has 0 bridgehead atoms. The van der Waals surface area contributed by atoms with Crippen LogP contribution < -0.4 is 4.74 Å². The lowest BCUT2D eigenvalue weighted by molar-refractivity contribution is -0.133. The van der Waals surface area contributed by atoms with Crippen LogP contribution in [-0.4, -0.2) is 41.6 Å². The smallest absolute Gasteiger partial charge is 0.335 e. The molecule has 0 heterocycles. The molecule has 0 unspecified atom stereocenters. The average molecular weight is 251 g/mol. The summed E-state index contributed by atoms with van der Waals surface area (Å²) in [5, 5.41) is 8.73. The van der Waals surface area contributed by atoms with E-state index in [0.29, 0.717) is 5.75 Å². The van der Waals surface area contributed by atoms with Gasteiger partial charge in [0.05, 0.1) is 5.56 Å². The van der Waals surface area contributed by atoms with Gasteiger partial charge in [0, 0.05) is 13.1 Å². The Kier molecular flexibility index (Phi) is 4.71. The normalized spacial score (nSPS) is 10.2. The van der Waals surface area contributed by atoms with Crippen molar-refractivity contribution >= 4 is 11.9 Å². The second-order valence-electron chi connectivity index (χ2n) is 4.22. The summed E-state index contributed by atoms with van der Waals surface area (Å²) in [5.41, 5.74) is 0.188. The van der Waals surface area contributed by atoms with E-state index >= 15 is 0 Å². The Bertz CT molecular complexity index is 425. The van der Waals surface area contributed by atoms with Crippen molar-refractivity contribution in [3.05, 3.63) is 29.8 Å². The number of hydrogen-bond acceptors (Lipinski definition) is 3. The van der Waals surface area contributed by atoms with E-state index in [2.05, 4.69) is 0 Å². The third-order valence-electron chi connectivity index (χ3n) is 2.63. The number of likely N-dealkylation sites (N-methyl/N-ethyl adjacent to an activating group) is 1. The molecule has 0 saturated heterocycles. The highest BCUT2D eigenvalue weighted by Gasteiger charge is 2.12. The Balaban J connectivity index is 2.54. The van der Waals surface area contributed by atoms with Crippen molar-refractivity contribution in [2.75, 3.05) is 13.7 Å². The number of carbonyl (C=O) groups is 2. The minimum atomic E-state index is -0.989. The maximum Gasteiger partial charge on any atom is 0.335 e. The van der Waals surface area contributed by atoms with E-state index in [-0.39, 0.29) is 24.1 Å². The van der Waals surface area contributed by atoms with Crippen LogP contribution in [0.4, 0.5) is 0 Å². The first kappa shape index (κ1) is 14.0. The van der Waals surface area contributed by atoms with Crippen LogP contribution in [0.2, 0.25) is 0 Å². The van der Waals surface area contributed by atoms with E-state index in [0.717, 1.165) is 0 Å². The van der Waals surface area contributed by atoms with E-state index in [1.54, 1.807) is 11.9 Å². The highest BCUT2D eigenvalue weighted by atomic mass is 16.5. The number of aromatic carboxylic acids is 1. The number of rotatable bonds is 5. The standard InChI is InChI=1S/C13H17NO4/c1-9(2)14(3)12(15)8-18-11-6-4-10(5-7-11)13(16)17/h4-7,9H,8H2,1-3H3,(H,16,17). The highest BCUT2D eigenvalue weighted by Crippen LogP contribution is 2.12. The molecule has 0 aromatic heterocycles. The fourth-order valence-corrected chi connectivity index (χ4v) is 1.23. The van der Waals surface area contributed by atoms with Gasteiger partial charge in [0.25, 0.3) is 5.91 Å². The van der Waals surface area contributed by atoms with Crippen LogP contribution in [0.1, 0.15) is 24.2 Å². The molecule has 0 aliphatic carbocycles. The molecule has 98 valence electrons. The zero-order valence-electron chi connectivity index (χ0n) is 10.7. The van der Waals surface area contributed by atoms with Crippen molar-refractivity contribution in [3.63, 3.8) is 0 Å². The van der Waals surface area contributed by atoms with Crippen LogP contribution in [0, 0.1) is 0 Å².